The molecule has 0 saturated heterocycles. The molecule has 0 aliphatic heterocycles. The number of thiazole rings is 1. The molecule has 2 aromatic heterocycles. The lowest BCUT2D eigenvalue weighted by atomic mass is 10.1. The van der Waals surface area contributed by atoms with Gasteiger partial charge in [-0.15, -0.1) is 11.3 Å². The van der Waals surface area contributed by atoms with Crippen molar-refractivity contribution < 1.29 is 12.8 Å². The van der Waals surface area contributed by atoms with Gasteiger partial charge in [-0.1, -0.05) is 23.7 Å². The van der Waals surface area contributed by atoms with Crippen molar-refractivity contribution in [3.63, 3.8) is 0 Å². The van der Waals surface area contributed by atoms with Crippen LogP contribution in [0.2, 0.25) is 5.02 Å². The Balaban J connectivity index is 1.60. The van der Waals surface area contributed by atoms with Crippen LogP contribution in [0.3, 0.4) is 0 Å². The molecule has 2 aromatic carbocycles. The van der Waals surface area contributed by atoms with Gasteiger partial charge in [0.15, 0.2) is 5.13 Å². The van der Waals surface area contributed by atoms with E-state index in [0.717, 1.165) is 28.7 Å². The summed E-state index contributed by atoms with van der Waals surface area (Å²) in [5.74, 6) is -0.125. The highest BCUT2D eigenvalue weighted by Gasteiger charge is 2.22. The van der Waals surface area contributed by atoms with Gasteiger partial charge in [0.25, 0.3) is 10.0 Å². The molecule has 0 aliphatic rings. The molecule has 7 nitrogen and oxygen atoms in total. The second-order valence-electron chi connectivity index (χ2n) is 8.62. The van der Waals surface area contributed by atoms with E-state index in [9.17, 15) is 12.8 Å². The molecule has 0 radical (unpaired) electrons. The molecule has 0 bridgehead atoms. The highest BCUT2D eigenvalue weighted by Crippen LogP contribution is 2.29. The number of nitrogens with one attached hydrogen (secondary N) is 2. The summed E-state index contributed by atoms with van der Waals surface area (Å²) < 4.78 is 44.2. The molecular weight excluding hydrogens is 497 g/mol. The summed E-state index contributed by atoms with van der Waals surface area (Å²) in [6, 6.07) is 13.1. The van der Waals surface area contributed by atoms with Gasteiger partial charge < -0.3 is 5.32 Å². The number of hydrogen-bond donors (Lipinski definition) is 2. The lowest BCUT2D eigenvalue weighted by Crippen LogP contribution is -2.24. The van der Waals surface area contributed by atoms with E-state index in [0.29, 0.717) is 17.3 Å². The number of benzene rings is 2. The average Bonchev–Trinajstić information content (AvgIpc) is 3.39. The largest absolute Gasteiger partial charge is 0.338 e. The summed E-state index contributed by atoms with van der Waals surface area (Å²) in [5.41, 5.74) is 1.54. The first-order chi connectivity index (χ1) is 16.0. The zero-order valence-corrected chi connectivity index (χ0v) is 21.1. The Labute approximate surface area is 206 Å². The maximum Gasteiger partial charge on any atom is 0.263 e. The van der Waals surface area contributed by atoms with Crippen molar-refractivity contribution in [2.45, 2.75) is 37.6 Å². The van der Waals surface area contributed by atoms with Gasteiger partial charge >= 0.3 is 0 Å². The summed E-state index contributed by atoms with van der Waals surface area (Å²) in [6.45, 7) is 5.97. The molecular formula is C23H23ClFN5O2S2. The van der Waals surface area contributed by atoms with Crippen LogP contribution >= 0.6 is 22.9 Å². The Morgan fingerprint density at radius 1 is 1.15 bits per heavy atom. The third kappa shape index (κ3) is 5.57. The van der Waals surface area contributed by atoms with Crippen LogP contribution in [0.4, 0.5) is 21.0 Å². The first-order valence-electron chi connectivity index (χ1n) is 10.3. The summed E-state index contributed by atoms with van der Waals surface area (Å²) in [6.07, 6.45) is 2.04. The average molecular weight is 520 g/mol. The predicted octanol–water partition coefficient (Wildman–Crippen LogP) is 6.02. The van der Waals surface area contributed by atoms with E-state index >= 15 is 0 Å². The number of rotatable bonds is 7. The summed E-state index contributed by atoms with van der Waals surface area (Å²) >= 11 is 7.24. The fraction of sp³-hybridized carbons (Fsp3) is 0.217. The molecule has 0 spiro atoms. The number of anilines is 3. The highest BCUT2D eigenvalue weighted by atomic mass is 35.5. The Kier molecular flexibility index (Phi) is 6.66. The molecule has 0 saturated carbocycles. The van der Waals surface area contributed by atoms with Crippen molar-refractivity contribution in [3.05, 3.63) is 82.2 Å². The van der Waals surface area contributed by atoms with Crippen LogP contribution in [0.25, 0.3) is 0 Å². The second kappa shape index (κ2) is 9.36. The van der Waals surface area contributed by atoms with Gasteiger partial charge in [0, 0.05) is 29.1 Å². The van der Waals surface area contributed by atoms with Gasteiger partial charge in [-0.2, -0.15) is 5.10 Å². The Hall–Kier alpha value is -2.95. The Morgan fingerprint density at radius 2 is 1.94 bits per heavy atom. The Morgan fingerprint density at radius 3 is 2.59 bits per heavy atom. The summed E-state index contributed by atoms with van der Waals surface area (Å²) in [5, 5.41) is 10.3. The van der Waals surface area contributed by atoms with Crippen molar-refractivity contribution in [2.75, 3.05) is 10.0 Å². The third-order valence-corrected chi connectivity index (χ3v) is 7.23. The number of halogens is 2. The van der Waals surface area contributed by atoms with Gasteiger partial charge in [-0.25, -0.2) is 22.5 Å². The van der Waals surface area contributed by atoms with Crippen LogP contribution < -0.4 is 10.0 Å². The Bertz CT molecular complexity index is 1410. The van der Waals surface area contributed by atoms with Gasteiger partial charge in [-0.05, 0) is 56.7 Å². The molecule has 0 aliphatic carbocycles. The molecule has 2 N–H and O–H groups in total. The fourth-order valence-corrected chi connectivity index (χ4v) is 5.34. The monoisotopic (exact) mass is 519 g/mol. The first-order valence-corrected chi connectivity index (χ1v) is 13.1. The molecule has 0 unspecified atom stereocenters. The normalized spacial score (nSPS) is 12.0. The molecule has 34 heavy (non-hydrogen) atoms. The van der Waals surface area contributed by atoms with E-state index in [1.807, 2.05) is 51.1 Å². The molecule has 0 amide bonds. The van der Waals surface area contributed by atoms with Gasteiger partial charge in [-0.3, -0.25) is 4.72 Å². The van der Waals surface area contributed by atoms with Crippen LogP contribution in [0.15, 0.2) is 65.0 Å². The van der Waals surface area contributed by atoms with Crippen molar-refractivity contribution >= 4 is 49.6 Å². The van der Waals surface area contributed by atoms with Crippen LogP contribution in [0.5, 0.6) is 0 Å². The molecule has 4 rings (SSSR count). The lowest BCUT2D eigenvalue weighted by molar-refractivity contribution is 0.359. The molecule has 2 heterocycles. The van der Waals surface area contributed by atoms with Gasteiger partial charge in [0.2, 0.25) is 0 Å². The summed E-state index contributed by atoms with van der Waals surface area (Å²) in [7, 11) is -3.96. The van der Waals surface area contributed by atoms with E-state index in [1.54, 1.807) is 10.1 Å². The van der Waals surface area contributed by atoms with Crippen molar-refractivity contribution in [1.29, 1.82) is 0 Å². The second-order valence-corrected chi connectivity index (χ2v) is 11.6. The molecule has 0 atom stereocenters. The minimum absolute atomic E-state index is 0.132. The van der Waals surface area contributed by atoms with Crippen molar-refractivity contribution in [1.82, 2.24) is 14.8 Å². The zero-order valence-electron chi connectivity index (χ0n) is 18.7. The maximum absolute atomic E-state index is 15.0. The molecule has 4 aromatic rings. The van der Waals surface area contributed by atoms with Gasteiger partial charge in [0.05, 0.1) is 21.8 Å². The molecule has 178 valence electrons. The third-order valence-electron chi connectivity index (χ3n) is 4.84. The van der Waals surface area contributed by atoms with E-state index in [1.165, 1.54) is 18.3 Å². The maximum atomic E-state index is 15.0. The smallest absolute Gasteiger partial charge is 0.263 e. The fourth-order valence-electron chi connectivity index (χ4n) is 3.32. The number of hydrogen-bond acceptors (Lipinski definition) is 6. The lowest BCUT2D eigenvalue weighted by Gasteiger charge is -2.23. The van der Waals surface area contributed by atoms with Crippen molar-refractivity contribution in [2.24, 2.45) is 0 Å². The minimum atomic E-state index is -3.96. The SMILES string of the molecule is CC(C)(C)n1nc(Cc2cccc(Cl)c2)cc1Nc1ccc(S(=O)(=O)Nc2nccs2)cc1F. The highest BCUT2D eigenvalue weighted by molar-refractivity contribution is 7.93. The van der Waals surface area contributed by atoms with E-state index in [4.69, 9.17) is 16.7 Å². The van der Waals surface area contributed by atoms with Crippen LogP contribution in [0, 0.1) is 5.82 Å². The topological polar surface area (TPSA) is 88.9 Å². The molecule has 11 heteroatoms. The van der Waals surface area contributed by atoms with E-state index < -0.39 is 15.8 Å². The summed E-state index contributed by atoms with van der Waals surface area (Å²) in [4.78, 5) is 3.70. The van der Waals surface area contributed by atoms with Crippen molar-refractivity contribution in [3.8, 4) is 0 Å². The van der Waals surface area contributed by atoms with Crippen LogP contribution in [-0.2, 0) is 22.0 Å². The predicted molar refractivity (Wildman–Crippen MR) is 134 cm³/mol. The van der Waals surface area contributed by atoms with Gasteiger partial charge in [0.1, 0.15) is 11.6 Å². The van der Waals surface area contributed by atoms with Crippen LogP contribution in [-0.4, -0.2) is 23.2 Å². The van der Waals surface area contributed by atoms with E-state index in [2.05, 4.69) is 15.0 Å². The standard InChI is InChI=1S/C23H23ClFN5O2S2/c1-23(2,3)30-21(13-17(28-30)12-15-5-4-6-16(24)11-15)27-20-8-7-18(14-19(20)25)34(31,32)29-22-26-9-10-33-22/h4-11,13-14,27H,12H2,1-3H3,(H,26,29). The first kappa shape index (κ1) is 24.2. The number of aromatic nitrogens is 3. The minimum Gasteiger partial charge on any atom is -0.338 e. The van der Waals surface area contributed by atoms with E-state index in [-0.39, 0.29) is 21.3 Å². The number of nitrogens with zero attached hydrogens (tertiary/aromatic N) is 3. The quantitative estimate of drug-likeness (QED) is 0.311. The number of sulfonamides is 1. The zero-order chi connectivity index (χ0) is 24.5. The van der Waals surface area contributed by atoms with Crippen LogP contribution in [0.1, 0.15) is 32.0 Å². The molecule has 0 fully saturated rings.